The van der Waals surface area contributed by atoms with E-state index in [4.69, 9.17) is 5.73 Å². The van der Waals surface area contributed by atoms with Gasteiger partial charge in [0.25, 0.3) is 5.91 Å². The first-order chi connectivity index (χ1) is 10.6. The summed E-state index contributed by atoms with van der Waals surface area (Å²) in [4.78, 5) is 16.6. The average Bonchev–Trinajstić information content (AvgIpc) is 2.64. The molecule has 1 aliphatic rings. The van der Waals surface area contributed by atoms with Gasteiger partial charge >= 0.3 is 0 Å². The van der Waals surface area contributed by atoms with Crippen molar-refractivity contribution in [2.24, 2.45) is 10.7 Å². The van der Waals surface area contributed by atoms with Crippen molar-refractivity contribution in [1.29, 1.82) is 0 Å². The van der Waals surface area contributed by atoms with Crippen molar-refractivity contribution in [3.05, 3.63) is 65.0 Å². The molecule has 3 rings (SSSR count). The van der Waals surface area contributed by atoms with Crippen LogP contribution in [0, 0.1) is 12.7 Å². The number of anilines is 1. The molecule has 0 aromatic heterocycles. The van der Waals surface area contributed by atoms with E-state index < -0.39 is 6.04 Å². The van der Waals surface area contributed by atoms with Crippen molar-refractivity contribution in [1.82, 2.24) is 0 Å². The fraction of sp³-hybridized carbons (Fsp3) is 0.176. The maximum Gasteiger partial charge on any atom is 0.250 e. The zero-order valence-electron chi connectivity index (χ0n) is 12.1. The lowest BCUT2D eigenvalue weighted by molar-refractivity contribution is -0.117. The highest BCUT2D eigenvalue weighted by molar-refractivity contribution is 6.20. The Labute approximate surface area is 127 Å². The Bertz CT molecular complexity index is 770. The summed E-state index contributed by atoms with van der Waals surface area (Å²) >= 11 is 0. The van der Waals surface area contributed by atoms with E-state index in [1.54, 1.807) is 24.3 Å². The smallest absolute Gasteiger partial charge is 0.250 e. The van der Waals surface area contributed by atoms with Crippen LogP contribution in [0.25, 0.3) is 0 Å². The van der Waals surface area contributed by atoms with Gasteiger partial charge in [0.2, 0.25) is 0 Å². The average molecular weight is 297 g/mol. The number of amides is 1. The number of halogens is 1. The molecule has 0 radical (unpaired) electrons. The number of benzodiazepines with no additional fused rings is 1. The molecular weight excluding hydrogens is 281 g/mol. The van der Waals surface area contributed by atoms with Crippen LogP contribution in [-0.2, 0) is 4.79 Å². The van der Waals surface area contributed by atoms with E-state index in [-0.39, 0.29) is 18.3 Å². The fourth-order valence-electron chi connectivity index (χ4n) is 2.60. The SMILES string of the molecule is Cc1cccc2c1C(c1ccccc1F)=NC(CN)C(=O)N2. The predicted octanol–water partition coefficient (Wildman–Crippen LogP) is 2.25. The van der Waals surface area contributed by atoms with Crippen LogP contribution in [0.5, 0.6) is 0 Å². The number of fused-ring (bicyclic) bond motifs is 1. The Kier molecular flexibility index (Phi) is 3.73. The number of aliphatic imine (C=N–C) groups is 1. The molecule has 1 amide bonds. The number of hydrogen-bond acceptors (Lipinski definition) is 3. The maximum absolute atomic E-state index is 14.2. The maximum atomic E-state index is 14.2. The lowest BCUT2D eigenvalue weighted by atomic mass is 9.96. The first-order valence-electron chi connectivity index (χ1n) is 7.05. The molecule has 1 unspecified atom stereocenters. The van der Waals surface area contributed by atoms with Crippen LogP contribution in [0.4, 0.5) is 10.1 Å². The van der Waals surface area contributed by atoms with Gasteiger partial charge in [0.05, 0.1) is 11.4 Å². The van der Waals surface area contributed by atoms with Gasteiger partial charge < -0.3 is 11.1 Å². The van der Waals surface area contributed by atoms with Gasteiger partial charge in [-0.15, -0.1) is 0 Å². The Morgan fingerprint density at radius 2 is 2.00 bits per heavy atom. The number of aryl methyl sites for hydroxylation is 1. The van der Waals surface area contributed by atoms with E-state index in [1.807, 2.05) is 19.1 Å². The number of nitrogens with two attached hydrogens (primary N) is 1. The van der Waals surface area contributed by atoms with Gasteiger partial charge in [0.15, 0.2) is 0 Å². The van der Waals surface area contributed by atoms with Crippen LogP contribution in [-0.4, -0.2) is 24.2 Å². The third-order valence-corrected chi connectivity index (χ3v) is 3.71. The number of nitrogens with one attached hydrogen (secondary N) is 1. The van der Waals surface area contributed by atoms with Crippen LogP contribution in [0.15, 0.2) is 47.5 Å². The second kappa shape index (κ2) is 5.69. The third-order valence-electron chi connectivity index (χ3n) is 3.71. The topological polar surface area (TPSA) is 67.5 Å². The van der Waals surface area contributed by atoms with E-state index in [9.17, 15) is 9.18 Å². The predicted molar refractivity (Wildman–Crippen MR) is 84.7 cm³/mol. The minimum Gasteiger partial charge on any atom is -0.328 e. The molecule has 0 aliphatic carbocycles. The molecule has 4 nitrogen and oxygen atoms in total. The van der Waals surface area contributed by atoms with Crippen LogP contribution in [0.3, 0.4) is 0 Å². The van der Waals surface area contributed by atoms with Gasteiger partial charge in [-0.3, -0.25) is 9.79 Å². The molecule has 2 aromatic carbocycles. The number of benzene rings is 2. The van der Waals surface area contributed by atoms with Gasteiger partial charge in [-0.25, -0.2) is 4.39 Å². The Hall–Kier alpha value is -2.53. The van der Waals surface area contributed by atoms with Gasteiger partial charge in [-0.1, -0.05) is 24.3 Å². The minimum absolute atomic E-state index is 0.0663. The highest BCUT2D eigenvalue weighted by atomic mass is 19.1. The van der Waals surface area contributed by atoms with Gasteiger partial charge in [0, 0.05) is 17.7 Å². The molecule has 5 heteroatoms. The van der Waals surface area contributed by atoms with Crippen molar-refractivity contribution < 1.29 is 9.18 Å². The summed E-state index contributed by atoms with van der Waals surface area (Å²) in [5.41, 5.74) is 8.75. The Morgan fingerprint density at radius 1 is 1.23 bits per heavy atom. The number of hydrogen-bond donors (Lipinski definition) is 2. The second-order valence-electron chi connectivity index (χ2n) is 5.20. The van der Waals surface area contributed by atoms with Crippen LogP contribution >= 0.6 is 0 Å². The number of rotatable bonds is 2. The second-order valence-corrected chi connectivity index (χ2v) is 5.20. The highest BCUT2D eigenvalue weighted by Crippen LogP contribution is 2.27. The highest BCUT2D eigenvalue weighted by Gasteiger charge is 2.26. The van der Waals surface area contributed by atoms with E-state index in [2.05, 4.69) is 10.3 Å². The molecule has 3 N–H and O–H groups in total. The van der Waals surface area contributed by atoms with E-state index in [1.165, 1.54) is 6.07 Å². The molecule has 0 fully saturated rings. The lowest BCUT2D eigenvalue weighted by Crippen LogP contribution is -2.32. The van der Waals surface area contributed by atoms with Crippen molar-refractivity contribution in [3.63, 3.8) is 0 Å². The lowest BCUT2D eigenvalue weighted by Gasteiger charge is -2.13. The molecule has 112 valence electrons. The molecule has 0 bridgehead atoms. The summed E-state index contributed by atoms with van der Waals surface area (Å²) in [6, 6.07) is 11.2. The van der Waals surface area contributed by atoms with Gasteiger partial charge in [0.1, 0.15) is 11.9 Å². The molecule has 1 heterocycles. The van der Waals surface area contributed by atoms with Crippen molar-refractivity contribution in [3.8, 4) is 0 Å². The summed E-state index contributed by atoms with van der Waals surface area (Å²) in [5, 5.41) is 2.83. The van der Waals surface area contributed by atoms with Crippen molar-refractivity contribution in [2.45, 2.75) is 13.0 Å². The van der Waals surface area contributed by atoms with Crippen LogP contribution in [0.1, 0.15) is 16.7 Å². The standard InChI is InChI=1S/C17H16FN3O/c1-10-5-4-8-13-15(10)16(11-6-2-3-7-12(11)18)20-14(9-19)17(22)21-13/h2-8,14H,9,19H2,1H3,(H,21,22). The number of carbonyl (C=O) groups is 1. The number of nitrogens with zero attached hydrogens (tertiary/aromatic N) is 1. The van der Waals surface area contributed by atoms with E-state index in [0.717, 1.165) is 11.1 Å². The first kappa shape index (κ1) is 14.4. The fourth-order valence-corrected chi connectivity index (χ4v) is 2.60. The van der Waals surface area contributed by atoms with Crippen molar-refractivity contribution in [2.75, 3.05) is 11.9 Å². The Morgan fingerprint density at radius 3 is 2.73 bits per heavy atom. The third kappa shape index (κ3) is 2.40. The summed E-state index contributed by atoms with van der Waals surface area (Å²) in [5.74, 6) is -0.652. The van der Waals surface area contributed by atoms with E-state index >= 15 is 0 Å². The van der Waals surface area contributed by atoms with Crippen LogP contribution < -0.4 is 11.1 Å². The molecule has 1 aliphatic heterocycles. The minimum atomic E-state index is -0.735. The summed E-state index contributed by atoms with van der Waals surface area (Å²) in [6.45, 7) is 1.97. The van der Waals surface area contributed by atoms with Gasteiger partial charge in [-0.2, -0.15) is 0 Å². The molecule has 0 saturated heterocycles. The Balaban J connectivity index is 2.29. The van der Waals surface area contributed by atoms with Crippen molar-refractivity contribution >= 4 is 17.3 Å². The van der Waals surface area contributed by atoms with Gasteiger partial charge in [-0.05, 0) is 30.7 Å². The molecular formula is C17H16FN3O. The monoisotopic (exact) mass is 297 g/mol. The van der Waals surface area contributed by atoms with E-state index in [0.29, 0.717) is 17.0 Å². The molecule has 0 spiro atoms. The summed E-state index contributed by atoms with van der Waals surface area (Å²) < 4.78 is 14.2. The number of carbonyl (C=O) groups excluding carboxylic acids is 1. The molecule has 22 heavy (non-hydrogen) atoms. The normalized spacial score (nSPS) is 17.3. The zero-order chi connectivity index (χ0) is 15.7. The first-order valence-corrected chi connectivity index (χ1v) is 7.05. The largest absolute Gasteiger partial charge is 0.328 e. The quantitative estimate of drug-likeness (QED) is 0.892. The van der Waals surface area contributed by atoms with Crippen LogP contribution in [0.2, 0.25) is 0 Å². The molecule has 0 saturated carbocycles. The summed E-state index contributed by atoms with van der Waals surface area (Å²) in [6.07, 6.45) is 0. The zero-order valence-corrected chi connectivity index (χ0v) is 12.1. The molecule has 1 atom stereocenters. The molecule has 2 aromatic rings. The summed E-state index contributed by atoms with van der Waals surface area (Å²) in [7, 11) is 0.